The molecule has 1 fully saturated rings. The lowest BCUT2D eigenvalue weighted by Gasteiger charge is -2.22. The van der Waals surface area contributed by atoms with Crippen molar-refractivity contribution in [1.82, 2.24) is 10.6 Å². The first kappa shape index (κ1) is 10.6. The van der Waals surface area contributed by atoms with Crippen molar-refractivity contribution in [3.63, 3.8) is 0 Å². The molecule has 0 unspecified atom stereocenters. The number of nitrogens with one attached hydrogen (secondary N) is 2. The molecule has 2 N–H and O–H groups in total. The maximum absolute atomic E-state index is 11.6. The fourth-order valence-electron chi connectivity index (χ4n) is 1.83. The van der Waals surface area contributed by atoms with E-state index in [1.807, 2.05) is 17.5 Å². The Morgan fingerprint density at radius 1 is 1.67 bits per heavy atom. The first-order chi connectivity index (χ1) is 7.36. The molecular formula is C11H16N2OS. The molecule has 0 radical (unpaired) electrons. The fraction of sp³-hybridized carbons (Fsp3) is 0.545. The predicted octanol–water partition coefficient (Wildman–Crippen LogP) is 1.48. The molecular weight excluding hydrogens is 208 g/mol. The van der Waals surface area contributed by atoms with E-state index >= 15 is 0 Å². The number of hydrogen-bond acceptors (Lipinski definition) is 3. The number of piperidine rings is 1. The van der Waals surface area contributed by atoms with E-state index in [4.69, 9.17) is 0 Å². The average molecular weight is 224 g/mol. The van der Waals surface area contributed by atoms with Gasteiger partial charge in [0.05, 0.1) is 4.88 Å². The Balaban J connectivity index is 1.75. The Hall–Kier alpha value is -0.870. The molecule has 1 aromatic rings. The lowest BCUT2D eigenvalue weighted by atomic mass is 10.00. The van der Waals surface area contributed by atoms with Gasteiger partial charge in [0.2, 0.25) is 0 Å². The first-order valence-corrected chi connectivity index (χ1v) is 6.26. The van der Waals surface area contributed by atoms with Crippen molar-refractivity contribution in [3.05, 3.63) is 22.4 Å². The van der Waals surface area contributed by atoms with Crippen LogP contribution in [0.25, 0.3) is 0 Å². The Morgan fingerprint density at radius 3 is 3.27 bits per heavy atom. The largest absolute Gasteiger partial charge is 0.351 e. The second-order valence-electron chi connectivity index (χ2n) is 3.90. The van der Waals surface area contributed by atoms with Gasteiger partial charge in [-0.15, -0.1) is 11.3 Å². The van der Waals surface area contributed by atoms with Crippen LogP contribution < -0.4 is 10.6 Å². The van der Waals surface area contributed by atoms with Crippen LogP contribution in [0.2, 0.25) is 0 Å². The zero-order valence-corrected chi connectivity index (χ0v) is 9.48. The summed E-state index contributed by atoms with van der Waals surface area (Å²) in [5, 5.41) is 8.26. The Kier molecular flexibility index (Phi) is 3.75. The molecule has 1 atom stereocenters. The Bertz CT molecular complexity index is 304. The van der Waals surface area contributed by atoms with Gasteiger partial charge in [-0.25, -0.2) is 0 Å². The van der Waals surface area contributed by atoms with Gasteiger partial charge in [-0.3, -0.25) is 4.79 Å². The van der Waals surface area contributed by atoms with Crippen molar-refractivity contribution in [1.29, 1.82) is 0 Å². The fourth-order valence-corrected chi connectivity index (χ4v) is 2.47. The molecule has 0 spiro atoms. The molecule has 1 amide bonds. The van der Waals surface area contributed by atoms with Crippen LogP contribution in [0.5, 0.6) is 0 Å². The summed E-state index contributed by atoms with van der Waals surface area (Å²) in [6, 6.07) is 3.76. The first-order valence-electron chi connectivity index (χ1n) is 5.38. The van der Waals surface area contributed by atoms with E-state index in [9.17, 15) is 4.79 Å². The second-order valence-corrected chi connectivity index (χ2v) is 4.85. The van der Waals surface area contributed by atoms with E-state index < -0.39 is 0 Å². The average Bonchev–Trinajstić information content (AvgIpc) is 2.81. The zero-order chi connectivity index (χ0) is 10.5. The summed E-state index contributed by atoms with van der Waals surface area (Å²) in [5.74, 6) is 0.665. The second kappa shape index (κ2) is 5.28. The third kappa shape index (κ3) is 3.04. The minimum atomic E-state index is 0.0653. The topological polar surface area (TPSA) is 41.1 Å². The maximum Gasteiger partial charge on any atom is 0.261 e. The number of carbonyl (C=O) groups is 1. The molecule has 3 nitrogen and oxygen atoms in total. The minimum Gasteiger partial charge on any atom is -0.351 e. The van der Waals surface area contributed by atoms with Gasteiger partial charge in [0.15, 0.2) is 0 Å². The predicted molar refractivity (Wildman–Crippen MR) is 62.2 cm³/mol. The summed E-state index contributed by atoms with van der Waals surface area (Å²) in [6.07, 6.45) is 2.44. The molecule has 0 aliphatic carbocycles. The highest BCUT2D eigenvalue weighted by Crippen LogP contribution is 2.10. The highest BCUT2D eigenvalue weighted by atomic mass is 32.1. The summed E-state index contributed by atoms with van der Waals surface area (Å²) in [4.78, 5) is 12.4. The molecule has 0 saturated carbocycles. The van der Waals surface area contributed by atoms with E-state index in [2.05, 4.69) is 10.6 Å². The Labute approximate surface area is 93.9 Å². The molecule has 0 aromatic carbocycles. The smallest absolute Gasteiger partial charge is 0.261 e. The van der Waals surface area contributed by atoms with Crippen molar-refractivity contribution < 1.29 is 4.79 Å². The lowest BCUT2D eigenvalue weighted by molar-refractivity contribution is 0.0949. The molecule has 2 rings (SSSR count). The third-order valence-electron chi connectivity index (χ3n) is 2.70. The van der Waals surface area contributed by atoms with Crippen LogP contribution in [0.3, 0.4) is 0 Å². The van der Waals surface area contributed by atoms with E-state index in [1.54, 1.807) is 0 Å². The van der Waals surface area contributed by atoms with Crippen LogP contribution >= 0.6 is 11.3 Å². The quantitative estimate of drug-likeness (QED) is 0.816. The molecule has 1 aliphatic heterocycles. The lowest BCUT2D eigenvalue weighted by Crippen LogP contribution is -2.37. The SMILES string of the molecule is O=C(NC[C@H]1CCCNC1)c1cccs1. The Morgan fingerprint density at radius 2 is 2.60 bits per heavy atom. The van der Waals surface area contributed by atoms with Crippen molar-refractivity contribution in [3.8, 4) is 0 Å². The van der Waals surface area contributed by atoms with Gasteiger partial charge in [0.1, 0.15) is 0 Å². The number of hydrogen-bond donors (Lipinski definition) is 2. The zero-order valence-electron chi connectivity index (χ0n) is 8.66. The minimum absolute atomic E-state index is 0.0653. The summed E-state index contributed by atoms with van der Waals surface area (Å²) in [5.41, 5.74) is 0. The van der Waals surface area contributed by atoms with Crippen LogP contribution in [0.1, 0.15) is 22.5 Å². The van der Waals surface area contributed by atoms with Gasteiger partial charge in [-0.05, 0) is 43.3 Å². The summed E-state index contributed by atoms with van der Waals surface area (Å²) in [6.45, 7) is 2.95. The van der Waals surface area contributed by atoms with Crippen LogP contribution in [0.4, 0.5) is 0 Å². The van der Waals surface area contributed by atoms with E-state index in [0.717, 1.165) is 24.5 Å². The van der Waals surface area contributed by atoms with Crippen molar-refractivity contribution >= 4 is 17.2 Å². The summed E-state index contributed by atoms with van der Waals surface area (Å²) < 4.78 is 0. The van der Waals surface area contributed by atoms with Gasteiger partial charge in [-0.1, -0.05) is 6.07 Å². The highest BCUT2D eigenvalue weighted by Gasteiger charge is 2.14. The monoisotopic (exact) mass is 224 g/mol. The van der Waals surface area contributed by atoms with Crippen LogP contribution in [-0.2, 0) is 0 Å². The molecule has 1 aliphatic rings. The van der Waals surface area contributed by atoms with E-state index in [1.165, 1.54) is 24.2 Å². The van der Waals surface area contributed by atoms with E-state index in [-0.39, 0.29) is 5.91 Å². The normalized spacial score (nSPS) is 21.2. The van der Waals surface area contributed by atoms with Crippen molar-refractivity contribution in [2.75, 3.05) is 19.6 Å². The maximum atomic E-state index is 11.6. The summed E-state index contributed by atoms with van der Waals surface area (Å²) in [7, 11) is 0. The van der Waals surface area contributed by atoms with Crippen LogP contribution in [-0.4, -0.2) is 25.5 Å². The van der Waals surface area contributed by atoms with Crippen molar-refractivity contribution in [2.24, 2.45) is 5.92 Å². The van der Waals surface area contributed by atoms with Gasteiger partial charge in [0.25, 0.3) is 5.91 Å². The molecule has 4 heteroatoms. The summed E-state index contributed by atoms with van der Waals surface area (Å²) >= 11 is 1.49. The van der Waals surface area contributed by atoms with Gasteiger partial charge < -0.3 is 10.6 Å². The molecule has 2 heterocycles. The number of carbonyl (C=O) groups excluding carboxylic acids is 1. The van der Waals surface area contributed by atoms with Gasteiger partial charge >= 0.3 is 0 Å². The molecule has 15 heavy (non-hydrogen) atoms. The number of amides is 1. The van der Waals surface area contributed by atoms with E-state index in [0.29, 0.717) is 5.92 Å². The molecule has 1 saturated heterocycles. The number of rotatable bonds is 3. The van der Waals surface area contributed by atoms with Gasteiger partial charge in [0, 0.05) is 6.54 Å². The third-order valence-corrected chi connectivity index (χ3v) is 3.56. The van der Waals surface area contributed by atoms with Crippen molar-refractivity contribution in [2.45, 2.75) is 12.8 Å². The van der Waals surface area contributed by atoms with Gasteiger partial charge in [-0.2, -0.15) is 0 Å². The molecule has 0 bridgehead atoms. The highest BCUT2D eigenvalue weighted by molar-refractivity contribution is 7.12. The van der Waals surface area contributed by atoms with Crippen LogP contribution in [0.15, 0.2) is 17.5 Å². The molecule has 1 aromatic heterocycles. The molecule has 82 valence electrons. The standard InChI is InChI=1S/C11H16N2OS/c14-11(10-4-2-6-15-10)13-8-9-3-1-5-12-7-9/h2,4,6,9,12H,1,3,5,7-8H2,(H,13,14)/t9-/m0/s1. The number of thiophene rings is 1. The van der Waals surface area contributed by atoms with Crippen LogP contribution in [0, 0.1) is 5.92 Å².